The van der Waals surface area contributed by atoms with E-state index in [1.165, 1.54) is 205 Å². The van der Waals surface area contributed by atoms with Gasteiger partial charge < -0.3 is 14.7 Å². The van der Waals surface area contributed by atoms with Crippen LogP contribution in [0.3, 0.4) is 0 Å². The number of hydrogen-bond acceptors (Lipinski definition) is 3. The highest BCUT2D eigenvalue weighted by atomic mass is 16.5. The van der Waals surface area contributed by atoms with Crippen molar-refractivity contribution in [3.05, 3.63) is 12.3 Å². The number of hydrogen-bond donors (Lipinski definition) is 1. The number of nitrogens with zero attached hydrogens (tertiary/aromatic N) is 1. The van der Waals surface area contributed by atoms with E-state index in [2.05, 4.69) is 32.3 Å². The zero-order valence-electron chi connectivity index (χ0n) is 33.0. The van der Waals surface area contributed by atoms with Gasteiger partial charge in [-0.3, -0.25) is 0 Å². The van der Waals surface area contributed by atoms with Crippen molar-refractivity contribution in [2.75, 3.05) is 32.8 Å². The molecule has 0 saturated heterocycles. The highest BCUT2D eigenvalue weighted by Crippen LogP contribution is 2.25. The van der Waals surface area contributed by atoms with Gasteiger partial charge in [-0.2, -0.15) is 0 Å². The number of allylic oxidation sites excluding steroid dienone is 1. The molecule has 0 fully saturated rings. The van der Waals surface area contributed by atoms with E-state index in [0.29, 0.717) is 6.61 Å². The fourth-order valence-electron chi connectivity index (χ4n) is 7.17. The standard InChI is InChI=1S/C44H89NO2/c1-5-8-11-14-17-26-33-42-47-43(4)34-27-20-18-24-31-38-45(40-41-46)39-32-25-19-23-30-37-44(35-28-21-15-12-9-6-2)36-29-22-16-13-10-7-3/h44,46H,4-42H2,1-3H3. The molecule has 0 aliphatic rings. The molecule has 0 unspecified atom stereocenters. The van der Waals surface area contributed by atoms with Crippen molar-refractivity contribution in [2.24, 2.45) is 5.92 Å². The van der Waals surface area contributed by atoms with Crippen molar-refractivity contribution >= 4 is 0 Å². The first-order valence-corrected chi connectivity index (χ1v) is 21.8. The van der Waals surface area contributed by atoms with Gasteiger partial charge in [0.25, 0.3) is 0 Å². The zero-order chi connectivity index (χ0) is 34.3. The van der Waals surface area contributed by atoms with Gasteiger partial charge >= 0.3 is 0 Å². The molecule has 1 N–H and O–H groups in total. The van der Waals surface area contributed by atoms with Crippen molar-refractivity contribution in [1.29, 1.82) is 0 Å². The molecule has 0 aliphatic heterocycles. The quantitative estimate of drug-likeness (QED) is 0.0522. The Morgan fingerprint density at radius 2 is 0.830 bits per heavy atom. The SMILES string of the molecule is C=C(CCCCCCCN(CCO)CCCCCCCC(CCCCCCCC)CCCCCCCC)OCCCCCCCCC. The zero-order valence-corrected chi connectivity index (χ0v) is 33.0. The maximum absolute atomic E-state index is 9.59. The van der Waals surface area contributed by atoms with Crippen molar-refractivity contribution in [3.63, 3.8) is 0 Å². The molecule has 3 nitrogen and oxygen atoms in total. The van der Waals surface area contributed by atoms with Crippen molar-refractivity contribution in [1.82, 2.24) is 4.90 Å². The third kappa shape index (κ3) is 36.6. The van der Waals surface area contributed by atoms with E-state index in [1.54, 1.807) is 0 Å². The number of aliphatic hydroxyl groups excluding tert-OH is 1. The van der Waals surface area contributed by atoms with Crippen LogP contribution in [0.5, 0.6) is 0 Å². The predicted molar refractivity (Wildman–Crippen MR) is 211 cm³/mol. The van der Waals surface area contributed by atoms with E-state index in [4.69, 9.17) is 4.74 Å². The van der Waals surface area contributed by atoms with Crippen LogP contribution in [-0.2, 0) is 4.74 Å². The molecule has 0 heterocycles. The summed E-state index contributed by atoms with van der Waals surface area (Å²) in [6.07, 6.45) is 45.2. The lowest BCUT2D eigenvalue weighted by Crippen LogP contribution is -2.29. The molecule has 0 radical (unpaired) electrons. The Morgan fingerprint density at radius 1 is 0.468 bits per heavy atom. The van der Waals surface area contributed by atoms with Crippen LogP contribution in [-0.4, -0.2) is 42.9 Å². The van der Waals surface area contributed by atoms with E-state index < -0.39 is 0 Å². The van der Waals surface area contributed by atoms with Gasteiger partial charge in [0.1, 0.15) is 0 Å². The molecule has 0 aliphatic carbocycles. The van der Waals surface area contributed by atoms with Crippen LogP contribution in [0, 0.1) is 5.92 Å². The molecular formula is C44H89NO2. The maximum atomic E-state index is 9.59. The number of ether oxygens (including phenoxy) is 1. The Bertz CT molecular complexity index is 577. The lowest BCUT2D eigenvalue weighted by Gasteiger charge is -2.21. The van der Waals surface area contributed by atoms with Gasteiger partial charge in [-0.05, 0) is 44.7 Å². The van der Waals surface area contributed by atoms with E-state index >= 15 is 0 Å². The summed E-state index contributed by atoms with van der Waals surface area (Å²) in [5.41, 5.74) is 0. The first kappa shape index (κ1) is 46.5. The van der Waals surface area contributed by atoms with Gasteiger partial charge in [-0.25, -0.2) is 0 Å². The first-order chi connectivity index (χ1) is 23.2. The minimum atomic E-state index is 0.291. The smallest absolute Gasteiger partial charge is 0.0888 e. The minimum absolute atomic E-state index is 0.291. The average molecular weight is 664 g/mol. The summed E-state index contributed by atoms with van der Waals surface area (Å²) in [6.45, 7) is 15.3. The van der Waals surface area contributed by atoms with Crippen molar-refractivity contribution < 1.29 is 9.84 Å². The van der Waals surface area contributed by atoms with E-state index in [-0.39, 0.29) is 0 Å². The van der Waals surface area contributed by atoms with Crippen LogP contribution < -0.4 is 0 Å². The Balaban J connectivity index is 3.88. The molecule has 0 aromatic carbocycles. The molecule has 0 spiro atoms. The van der Waals surface area contributed by atoms with Crippen LogP contribution >= 0.6 is 0 Å². The highest BCUT2D eigenvalue weighted by Gasteiger charge is 2.09. The summed E-state index contributed by atoms with van der Waals surface area (Å²) in [6, 6.07) is 0. The van der Waals surface area contributed by atoms with Gasteiger partial charge in [-0.15, -0.1) is 0 Å². The molecule has 0 atom stereocenters. The van der Waals surface area contributed by atoms with Crippen molar-refractivity contribution in [3.8, 4) is 0 Å². The van der Waals surface area contributed by atoms with Crippen LogP contribution in [0.2, 0.25) is 0 Å². The van der Waals surface area contributed by atoms with Gasteiger partial charge in [0.2, 0.25) is 0 Å². The second-order valence-electron chi connectivity index (χ2n) is 15.1. The third-order valence-electron chi connectivity index (χ3n) is 10.4. The molecular weight excluding hydrogens is 574 g/mol. The predicted octanol–water partition coefficient (Wildman–Crippen LogP) is 14.4. The summed E-state index contributed by atoms with van der Waals surface area (Å²) < 4.78 is 5.87. The Kier molecular flexibility index (Phi) is 39.4. The van der Waals surface area contributed by atoms with Crippen molar-refractivity contribution in [2.45, 2.75) is 233 Å². The van der Waals surface area contributed by atoms with Crippen LogP contribution in [0.25, 0.3) is 0 Å². The number of unbranched alkanes of at least 4 members (excludes halogenated alkanes) is 24. The van der Waals surface area contributed by atoms with Crippen LogP contribution in [0.4, 0.5) is 0 Å². The molecule has 3 heteroatoms. The van der Waals surface area contributed by atoms with Crippen LogP contribution in [0.1, 0.15) is 233 Å². The minimum Gasteiger partial charge on any atom is -0.499 e. The van der Waals surface area contributed by atoms with Crippen LogP contribution in [0.15, 0.2) is 12.3 Å². The molecule has 282 valence electrons. The van der Waals surface area contributed by atoms with Gasteiger partial charge in [-0.1, -0.05) is 207 Å². The monoisotopic (exact) mass is 664 g/mol. The molecule has 0 bridgehead atoms. The summed E-state index contributed by atoms with van der Waals surface area (Å²) in [5.74, 6) is 1.98. The summed E-state index contributed by atoms with van der Waals surface area (Å²) in [5, 5.41) is 9.59. The summed E-state index contributed by atoms with van der Waals surface area (Å²) in [4.78, 5) is 2.51. The molecule has 0 saturated carbocycles. The molecule has 47 heavy (non-hydrogen) atoms. The first-order valence-electron chi connectivity index (χ1n) is 21.8. The van der Waals surface area contributed by atoms with Gasteiger partial charge in [0.15, 0.2) is 0 Å². The average Bonchev–Trinajstić information content (AvgIpc) is 3.07. The van der Waals surface area contributed by atoms with E-state index in [0.717, 1.165) is 44.3 Å². The Hall–Kier alpha value is -0.540. The number of rotatable bonds is 41. The number of aliphatic hydroxyl groups is 1. The molecule has 0 amide bonds. The molecule has 0 aromatic heterocycles. The maximum Gasteiger partial charge on any atom is 0.0888 e. The molecule has 0 aromatic rings. The molecule has 0 rings (SSSR count). The van der Waals surface area contributed by atoms with E-state index in [1.807, 2.05) is 0 Å². The lowest BCUT2D eigenvalue weighted by molar-refractivity contribution is 0.189. The van der Waals surface area contributed by atoms with E-state index in [9.17, 15) is 5.11 Å². The van der Waals surface area contributed by atoms with Gasteiger partial charge in [0.05, 0.1) is 19.0 Å². The summed E-state index contributed by atoms with van der Waals surface area (Å²) in [7, 11) is 0. The van der Waals surface area contributed by atoms with Gasteiger partial charge in [0, 0.05) is 13.0 Å². The highest BCUT2D eigenvalue weighted by molar-refractivity contribution is 4.81. The normalized spacial score (nSPS) is 11.7. The Labute approximate surface area is 297 Å². The second kappa shape index (κ2) is 39.9. The Morgan fingerprint density at radius 3 is 1.26 bits per heavy atom. The third-order valence-corrected chi connectivity index (χ3v) is 10.4. The summed E-state index contributed by atoms with van der Waals surface area (Å²) >= 11 is 0. The topological polar surface area (TPSA) is 32.7 Å². The second-order valence-corrected chi connectivity index (χ2v) is 15.1. The largest absolute Gasteiger partial charge is 0.499 e. The lowest BCUT2D eigenvalue weighted by atomic mass is 9.89. The fourth-order valence-corrected chi connectivity index (χ4v) is 7.17. The fraction of sp³-hybridized carbons (Fsp3) is 0.955.